The topological polar surface area (TPSA) is 47.1 Å². The first kappa shape index (κ1) is 13.8. The summed E-state index contributed by atoms with van der Waals surface area (Å²) >= 11 is 0. The summed E-state index contributed by atoms with van der Waals surface area (Å²) in [4.78, 5) is 2.47. The molecule has 1 aliphatic heterocycles. The molecule has 1 aromatic heterocycles. The van der Waals surface area contributed by atoms with E-state index in [2.05, 4.69) is 21.6 Å². The monoisotopic (exact) mass is 276 g/mol. The first-order valence-corrected chi connectivity index (χ1v) is 8.23. The molecule has 112 valence electrons. The Bertz CT molecular complexity index is 461. The second-order valence-corrected chi connectivity index (χ2v) is 6.69. The molecule has 2 N–H and O–H groups in total. The molecule has 3 rings (SSSR count). The molecule has 2 aliphatic rings. The Kier molecular flexibility index (Phi) is 3.65. The van der Waals surface area contributed by atoms with E-state index in [9.17, 15) is 0 Å². The third-order valence-electron chi connectivity index (χ3n) is 5.48. The third kappa shape index (κ3) is 2.29. The van der Waals surface area contributed by atoms with E-state index in [1.165, 1.54) is 44.9 Å². The standard InChI is InChI=1S/C16H28N4/c1-3-20-15(14(17)13(2)18-20)19-11-9-16(10-12-19)7-5-4-6-8-16/h3-12,17H2,1-2H3. The van der Waals surface area contributed by atoms with E-state index < -0.39 is 0 Å². The Labute approximate surface area is 122 Å². The zero-order chi connectivity index (χ0) is 14.2. The van der Waals surface area contributed by atoms with Crippen LogP contribution in [0.1, 0.15) is 57.6 Å². The van der Waals surface area contributed by atoms with Gasteiger partial charge in [0.1, 0.15) is 0 Å². The smallest absolute Gasteiger partial charge is 0.150 e. The average molecular weight is 276 g/mol. The van der Waals surface area contributed by atoms with Gasteiger partial charge >= 0.3 is 0 Å². The van der Waals surface area contributed by atoms with Gasteiger partial charge in [-0.25, -0.2) is 4.68 Å². The van der Waals surface area contributed by atoms with Gasteiger partial charge in [0.25, 0.3) is 0 Å². The molecule has 0 radical (unpaired) electrons. The lowest BCUT2D eigenvalue weighted by Gasteiger charge is -2.45. The summed E-state index contributed by atoms with van der Waals surface area (Å²) in [7, 11) is 0. The number of aromatic nitrogens is 2. The molecule has 4 heteroatoms. The third-order valence-corrected chi connectivity index (χ3v) is 5.48. The summed E-state index contributed by atoms with van der Waals surface area (Å²) < 4.78 is 2.07. The van der Waals surface area contributed by atoms with Crippen molar-refractivity contribution in [3.05, 3.63) is 5.69 Å². The predicted octanol–water partition coefficient (Wildman–Crippen LogP) is 3.34. The molecule has 0 bridgehead atoms. The molecule has 20 heavy (non-hydrogen) atoms. The highest BCUT2D eigenvalue weighted by Crippen LogP contribution is 2.45. The Hall–Kier alpha value is -1.19. The fourth-order valence-corrected chi connectivity index (χ4v) is 4.13. The van der Waals surface area contributed by atoms with Crippen LogP contribution in [0.15, 0.2) is 0 Å². The summed E-state index contributed by atoms with van der Waals surface area (Å²) in [6.07, 6.45) is 9.88. The highest BCUT2D eigenvalue weighted by molar-refractivity contribution is 5.66. The largest absolute Gasteiger partial charge is 0.394 e. The molecule has 1 saturated carbocycles. The molecule has 1 saturated heterocycles. The van der Waals surface area contributed by atoms with E-state index in [0.29, 0.717) is 5.41 Å². The van der Waals surface area contributed by atoms with Crippen molar-refractivity contribution in [1.82, 2.24) is 9.78 Å². The first-order chi connectivity index (χ1) is 9.65. The maximum atomic E-state index is 6.25. The van der Waals surface area contributed by atoms with Crippen LogP contribution in [0.3, 0.4) is 0 Å². The van der Waals surface area contributed by atoms with Crippen LogP contribution in [0.2, 0.25) is 0 Å². The number of rotatable bonds is 2. The van der Waals surface area contributed by atoms with E-state index in [4.69, 9.17) is 5.73 Å². The van der Waals surface area contributed by atoms with Crippen molar-refractivity contribution in [2.24, 2.45) is 5.41 Å². The second kappa shape index (κ2) is 5.30. The number of nitrogens with zero attached hydrogens (tertiary/aromatic N) is 3. The Morgan fingerprint density at radius 1 is 1.10 bits per heavy atom. The highest BCUT2D eigenvalue weighted by Gasteiger charge is 2.36. The Balaban J connectivity index is 1.75. The summed E-state index contributed by atoms with van der Waals surface area (Å²) in [5.41, 5.74) is 8.76. The zero-order valence-corrected chi connectivity index (χ0v) is 13.0. The van der Waals surface area contributed by atoms with Crippen molar-refractivity contribution in [2.75, 3.05) is 23.7 Å². The van der Waals surface area contributed by atoms with Crippen molar-refractivity contribution in [1.29, 1.82) is 0 Å². The zero-order valence-electron chi connectivity index (χ0n) is 13.0. The molecule has 2 fully saturated rings. The Morgan fingerprint density at radius 2 is 1.75 bits per heavy atom. The number of aryl methyl sites for hydroxylation is 2. The van der Waals surface area contributed by atoms with E-state index in [0.717, 1.165) is 36.8 Å². The molecule has 4 nitrogen and oxygen atoms in total. The molecule has 1 spiro atoms. The molecular formula is C16H28N4. The maximum Gasteiger partial charge on any atom is 0.150 e. The highest BCUT2D eigenvalue weighted by atomic mass is 15.4. The van der Waals surface area contributed by atoms with Gasteiger partial charge in [-0.1, -0.05) is 19.3 Å². The fourth-order valence-electron chi connectivity index (χ4n) is 4.13. The average Bonchev–Trinajstić information content (AvgIpc) is 2.76. The van der Waals surface area contributed by atoms with Gasteiger partial charge in [-0.3, -0.25) is 0 Å². The van der Waals surface area contributed by atoms with Gasteiger partial charge < -0.3 is 10.6 Å². The van der Waals surface area contributed by atoms with Gasteiger partial charge in [-0.2, -0.15) is 5.10 Å². The predicted molar refractivity (Wildman–Crippen MR) is 84.0 cm³/mol. The van der Waals surface area contributed by atoms with Crippen LogP contribution < -0.4 is 10.6 Å². The molecule has 1 aliphatic carbocycles. The molecular weight excluding hydrogens is 248 g/mol. The number of piperidine rings is 1. The minimum atomic E-state index is 0.648. The molecule has 2 heterocycles. The number of anilines is 2. The lowest BCUT2D eigenvalue weighted by atomic mass is 9.68. The van der Waals surface area contributed by atoms with Crippen molar-refractivity contribution < 1.29 is 0 Å². The SMILES string of the molecule is CCn1nc(C)c(N)c1N1CCC2(CCCCC2)CC1. The summed E-state index contributed by atoms with van der Waals surface area (Å²) in [5, 5.41) is 4.56. The number of nitrogen functional groups attached to an aromatic ring is 1. The minimum Gasteiger partial charge on any atom is -0.394 e. The van der Waals surface area contributed by atoms with Crippen molar-refractivity contribution in [3.63, 3.8) is 0 Å². The fraction of sp³-hybridized carbons (Fsp3) is 0.812. The van der Waals surface area contributed by atoms with Crippen molar-refractivity contribution >= 4 is 11.5 Å². The van der Waals surface area contributed by atoms with E-state index in [1.807, 2.05) is 6.92 Å². The van der Waals surface area contributed by atoms with Crippen LogP contribution >= 0.6 is 0 Å². The number of hydrogen-bond acceptors (Lipinski definition) is 3. The van der Waals surface area contributed by atoms with Crippen molar-refractivity contribution in [2.45, 2.75) is 65.3 Å². The van der Waals surface area contributed by atoms with Gasteiger partial charge in [-0.15, -0.1) is 0 Å². The normalized spacial score (nSPS) is 22.4. The van der Waals surface area contributed by atoms with Crippen LogP contribution in [0.5, 0.6) is 0 Å². The van der Waals surface area contributed by atoms with Crippen LogP contribution in [0.4, 0.5) is 11.5 Å². The molecule has 0 amide bonds. The van der Waals surface area contributed by atoms with Gasteiger partial charge in [0.15, 0.2) is 5.82 Å². The Morgan fingerprint density at radius 3 is 2.35 bits per heavy atom. The van der Waals surface area contributed by atoms with Gasteiger partial charge in [0.05, 0.1) is 11.4 Å². The van der Waals surface area contributed by atoms with Crippen LogP contribution in [0.25, 0.3) is 0 Å². The van der Waals surface area contributed by atoms with E-state index >= 15 is 0 Å². The maximum absolute atomic E-state index is 6.25. The van der Waals surface area contributed by atoms with Crippen LogP contribution in [0, 0.1) is 12.3 Å². The molecule has 0 aromatic carbocycles. The molecule has 1 aromatic rings. The number of nitrogens with two attached hydrogens (primary N) is 1. The second-order valence-electron chi connectivity index (χ2n) is 6.69. The van der Waals surface area contributed by atoms with Crippen LogP contribution in [-0.4, -0.2) is 22.9 Å². The van der Waals surface area contributed by atoms with Gasteiger partial charge in [-0.05, 0) is 44.9 Å². The van der Waals surface area contributed by atoms with Gasteiger partial charge in [0, 0.05) is 19.6 Å². The number of hydrogen-bond donors (Lipinski definition) is 1. The summed E-state index contributed by atoms with van der Waals surface area (Å²) in [6.45, 7) is 7.35. The first-order valence-electron chi connectivity index (χ1n) is 8.23. The lowest BCUT2D eigenvalue weighted by Crippen LogP contribution is -2.42. The summed E-state index contributed by atoms with van der Waals surface area (Å²) in [5.74, 6) is 1.16. The van der Waals surface area contributed by atoms with Gasteiger partial charge in [0.2, 0.25) is 0 Å². The minimum absolute atomic E-state index is 0.648. The van der Waals surface area contributed by atoms with E-state index in [-0.39, 0.29) is 0 Å². The molecule has 0 unspecified atom stereocenters. The molecule has 0 atom stereocenters. The van der Waals surface area contributed by atoms with Crippen molar-refractivity contribution in [3.8, 4) is 0 Å². The lowest BCUT2D eigenvalue weighted by molar-refractivity contribution is 0.144. The van der Waals surface area contributed by atoms with Crippen LogP contribution in [-0.2, 0) is 6.54 Å². The quantitative estimate of drug-likeness (QED) is 0.901. The summed E-state index contributed by atoms with van der Waals surface area (Å²) in [6, 6.07) is 0. The van der Waals surface area contributed by atoms with E-state index in [1.54, 1.807) is 0 Å².